The van der Waals surface area contributed by atoms with Crippen LogP contribution in [0.2, 0.25) is 6.32 Å². The maximum atomic E-state index is 12.6. The number of phenols is 1. The summed E-state index contributed by atoms with van der Waals surface area (Å²) in [6.07, 6.45) is 0.375. The third-order valence-electron chi connectivity index (χ3n) is 5.57. The van der Waals surface area contributed by atoms with Crippen molar-refractivity contribution in [2.45, 2.75) is 37.7 Å². The minimum absolute atomic E-state index is 0.0177. The Kier molecular flexibility index (Phi) is 7.03. The van der Waals surface area contributed by atoms with Gasteiger partial charge in [-0.15, -0.1) is 0 Å². The second kappa shape index (κ2) is 9.54. The van der Waals surface area contributed by atoms with E-state index in [2.05, 4.69) is 5.32 Å². The van der Waals surface area contributed by atoms with E-state index in [0.29, 0.717) is 13.0 Å². The number of amides is 2. The topological polar surface area (TPSA) is 183 Å². The van der Waals surface area contributed by atoms with Gasteiger partial charge in [-0.2, -0.15) is 0 Å². The number of nitrogens with zero attached hydrogens (tertiary/aromatic N) is 1. The first kappa shape index (κ1) is 22.9. The summed E-state index contributed by atoms with van der Waals surface area (Å²) >= 11 is 0. The van der Waals surface area contributed by atoms with Gasteiger partial charge in [0.05, 0.1) is 19.1 Å². The molecule has 0 spiro atoms. The monoisotopic (exact) mass is 435 g/mol. The summed E-state index contributed by atoms with van der Waals surface area (Å²) < 4.78 is 5.71. The van der Waals surface area contributed by atoms with E-state index in [1.807, 2.05) is 0 Å². The first-order valence-electron chi connectivity index (χ1n) is 10.1. The van der Waals surface area contributed by atoms with Crippen molar-refractivity contribution in [2.24, 2.45) is 11.7 Å². The summed E-state index contributed by atoms with van der Waals surface area (Å²) in [6.45, 7) is 1.10. The molecule has 11 nitrogen and oxygen atoms in total. The highest BCUT2D eigenvalue weighted by atomic mass is 16.5. The highest BCUT2D eigenvalue weighted by molar-refractivity contribution is 6.41. The molecule has 1 aromatic carbocycles. The minimum Gasteiger partial charge on any atom is -0.507 e. The number of carboxylic acids is 1. The van der Waals surface area contributed by atoms with E-state index in [1.165, 1.54) is 12.1 Å². The molecule has 12 heteroatoms. The van der Waals surface area contributed by atoms with Gasteiger partial charge in [-0.25, -0.2) is 4.79 Å². The number of aryl methyl sites for hydroxylation is 1. The van der Waals surface area contributed by atoms with Crippen molar-refractivity contribution in [3.05, 3.63) is 23.3 Å². The van der Waals surface area contributed by atoms with E-state index in [9.17, 15) is 24.6 Å². The Morgan fingerprint density at radius 2 is 1.97 bits per heavy atom. The van der Waals surface area contributed by atoms with Gasteiger partial charge in [0.2, 0.25) is 11.8 Å². The zero-order valence-electron chi connectivity index (χ0n) is 16.9. The average molecular weight is 435 g/mol. The maximum Gasteiger partial charge on any atom is 0.451 e. The molecule has 0 unspecified atom stereocenters. The Balaban J connectivity index is 1.57. The number of likely N-dealkylation sites (tertiary alicyclic amines) is 1. The van der Waals surface area contributed by atoms with Crippen molar-refractivity contribution < 1.29 is 39.4 Å². The van der Waals surface area contributed by atoms with Crippen LogP contribution in [-0.2, 0) is 16.0 Å². The number of nitrogens with two attached hydrogens (primary N) is 1. The molecule has 2 saturated heterocycles. The van der Waals surface area contributed by atoms with E-state index in [1.54, 1.807) is 4.90 Å². The lowest BCUT2D eigenvalue weighted by molar-refractivity contribution is -0.142. The fraction of sp³-hybridized carbons (Fsp3) is 0.526. The van der Waals surface area contributed by atoms with Gasteiger partial charge < -0.3 is 40.9 Å². The zero-order valence-corrected chi connectivity index (χ0v) is 16.9. The number of hydrogen-bond acceptors (Lipinski definition) is 8. The minimum atomic E-state index is -1.57. The zero-order chi connectivity index (χ0) is 22.7. The van der Waals surface area contributed by atoms with Crippen LogP contribution in [0.25, 0.3) is 0 Å². The summed E-state index contributed by atoms with van der Waals surface area (Å²) in [5.41, 5.74) is 5.07. The van der Waals surface area contributed by atoms with Gasteiger partial charge in [-0.05, 0) is 43.3 Å². The fourth-order valence-electron chi connectivity index (χ4n) is 3.94. The van der Waals surface area contributed by atoms with Gasteiger partial charge >= 0.3 is 13.1 Å². The van der Waals surface area contributed by atoms with Crippen molar-refractivity contribution in [1.82, 2.24) is 10.2 Å². The van der Waals surface area contributed by atoms with Crippen molar-refractivity contribution in [2.75, 3.05) is 19.6 Å². The smallest absolute Gasteiger partial charge is 0.451 e. The van der Waals surface area contributed by atoms with Crippen LogP contribution in [-0.4, -0.2) is 81.8 Å². The lowest BCUT2D eigenvalue weighted by atomic mass is 9.82. The summed E-state index contributed by atoms with van der Waals surface area (Å²) in [6, 6.07) is 2.51. The number of aromatic carboxylic acids is 1. The highest BCUT2D eigenvalue weighted by Gasteiger charge is 2.39. The molecule has 3 rings (SSSR count). The lowest BCUT2D eigenvalue weighted by Gasteiger charge is -2.40. The van der Waals surface area contributed by atoms with Crippen LogP contribution in [0.3, 0.4) is 0 Å². The molecule has 2 aliphatic rings. The molecular formula is C19H26BN3O8. The number of rotatable bonds is 9. The molecule has 2 heterocycles. The van der Waals surface area contributed by atoms with Gasteiger partial charge in [0.25, 0.3) is 0 Å². The molecule has 0 radical (unpaired) electrons. The first-order chi connectivity index (χ1) is 14.7. The maximum absolute atomic E-state index is 12.6. The predicted molar refractivity (Wildman–Crippen MR) is 108 cm³/mol. The van der Waals surface area contributed by atoms with E-state index >= 15 is 0 Å². The number of aromatic hydroxyl groups is 1. The number of carbonyl (C=O) groups is 3. The quantitative estimate of drug-likeness (QED) is 0.253. The molecular weight excluding hydrogens is 409 g/mol. The Morgan fingerprint density at radius 1 is 1.26 bits per heavy atom. The normalized spacial score (nSPS) is 20.9. The molecule has 31 heavy (non-hydrogen) atoms. The van der Waals surface area contributed by atoms with Crippen molar-refractivity contribution in [1.29, 1.82) is 0 Å². The number of primary amides is 1. The number of benzene rings is 1. The Morgan fingerprint density at radius 3 is 2.58 bits per heavy atom. The van der Waals surface area contributed by atoms with Crippen LogP contribution in [0.1, 0.15) is 28.8 Å². The molecule has 7 N–H and O–H groups in total. The molecule has 168 valence electrons. The second-order valence-corrected chi connectivity index (χ2v) is 7.99. The summed E-state index contributed by atoms with van der Waals surface area (Å²) in [5, 5.41) is 40.8. The summed E-state index contributed by atoms with van der Waals surface area (Å²) in [7, 11) is -1.57. The number of nitrogens with one attached hydrogen (secondary N) is 1. The number of carboxylic acid groups (broad SMARTS) is 1. The third kappa shape index (κ3) is 5.46. The summed E-state index contributed by atoms with van der Waals surface area (Å²) in [4.78, 5) is 36.8. The predicted octanol–water partition coefficient (Wildman–Crippen LogP) is -1.45. The van der Waals surface area contributed by atoms with Crippen LogP contribution in [0.5, 0.6) is 11.5 Å². The van der Waals surface area contributed by atoms with Gasteiger partial charge in [-0.1, -0.05) is 6.07 Å². The average Bonchev–Trinajstić information content (AvgIpc) is 3.10. The van der Waals surface area contributed by atoms with Gasteiger partial charge in [-0.3, -0.25) is 9.59 Å². The van der Waals surface area contributed by atoms with Gasteiger partial charge in [0.15, 0.2) is 0 Å². The Hall–Kier alpha value is -2.83. The largest absolute Gasteiger partial charge is 0.507 e. The van der Waals surface area contributed by atoms with Gasteiger partial charge in [0.1, 0.15) is 23.2 Å². The first-order valence-corrected chi connectivity index (χ1v) is 10.1. The van der Waals surface area contributed by atoms with Gasteiger partial charge in [0, 0.05) is 6.42 Å². The molecule has 2 aliphatic heterocycles. The van der Waals surface area contributed by atoms with Crippen LogP contribution in [0.4, 0.5) is 0 Å². The van der Waals surface area contributed by atoms with Crippen LogP contribution in [0.15, 0.2) is 12.1 Å². The number of ether oxygens (including phenoxy) is 1. The summed E-state index contributed by atoms with van der Waals surface area (Å²) in [5.74, 6) is -2.34. The van der Waals surface area contributed by atoms with E-state index in [-0.39, 0.29) is 61.4 Å². The van der Waals surface area contributed by atoms with Crippen LogP contribution >= 0.6 is 0 Å². The molecule has 2 fully saturated rings. The molecule has 1 aromatic rings. The van der Waals surface area contributed by atoms with Crippen molar-refractivity contribution >= 4 is 24.9 Å². The van der Waals surface area contributed by atoms with E-state index in [4.69, 9.17) is 20.5 Å². The molecule has 0 bridgehead atoms. The molecule has 2 atom stereocenters. The molecule has 0 aromatic heterocycles. The fourth-order valence-corrected chi connectivity index (χ4v) is 3.94. The molecule has 0 saturated carbocycles. The standard InChI is InChI=1S/C19H26BN3O8/c21-15(24)6-10-5-13(22-7-10)18(26)23-8-12(9-23)31-14-2-1-11(3-4-20(29)30)17(25)16(14)19(27)28/h1-2,10,12-13,22,25,29-30H,3-9H2,(H2,21,24)(H,27,28)/t10-,13-/m0/s1. The third-order valence-corrected chi connectivity index (χ3v) is 5.57. The van der Waals surface area contributed by atoms with Crippen LogP contribution in [0, 0.1) is 5.92 Å². The Labute approximate surface area is 178 Å². The van der Waals surface area contributed by atoms with Crippen molar-refractivity contribution in [3.8, 4) is 11.5 Å². The number of carbonyl (C=O) groups excluding carboxylic acids is 2. The van der Waals surface area contributed by atoms with E-state index in [0.717, 1.165) is 0 Å². The van der Waals surface area contributed by atoms with E-state index < -0.39 is 36.4 Å². The number of hydrogen-bond donors (Lipinski definition) is 6. The second-order valence-electron chi connectivity index (χ2n) is 7.99. The molecule has 0 aliphatic carbocycles. The molecule has 2 amide bonds. The van der Waals surface area contributed by atoms with Crippen molar-refractivity contribution in [3.63, 3.8) is 0 Å². The SMILES string of the molecule is NC(=O)C[C@H]1CN[C@H](C(=O)N2CC(Oc3ccc(CCB(O)O)c(O)c3C(=O)O)C2)C1. The lowest BCUT2D eigenvalue weighted by Crippen LogP contribution is -2.59. The van der Waals surface area contributed by atoms with Crippen LogP contribution < -0.4 is 15.8 Å². The highest BCUT2D eigenvalue weighted by Crippen LogP contribution is 2.34. The Bertz CT molecular complexity index is 859.